The molecule has 0 spiro atoms. The van der Waals surface area contributed by atoms with Crippen LogP contribution in [0.1, 0.15) is 114 Å². The highest BCUT2D eigenvalue weighted by Gasteiger charge is 2.37. The van der Waals surface area contributed by atoms with E-state index in [4.69, 9.17) is 4.74 Å². The molecular formula is C39H59N5O6S. The van der Waals surface area contributed by atoms with Gasteiger partial charge in [0, 0.05) is 43.8 Å². The molecule has 0 aliphatic carbocycles. The third-order valence-electron chi connectivity index (χ3n) is 10.3. The number of ketones is 1. The van der Waals surface area contributed by atoms with Gasteiger partial charge in [-0.05, 0) is 63.6 Å². The van der Waals surface area contributed by atoms with Crippen molar-refractivity contribution in [2.75, 3.05) is 20.6 Å². The van der Waals surface area contributed by atoms with Crippen molar-refractivity contribution in [3.63, 3.8) is 0 Å². The number of nitrogens with one attached hydrogen (secondary N) is 2. The molecule has 51 heavy (non-hydrogen) atoms. The van der Waals surface area contributed by atoms with Crippen molar-refractivity contribution in [1.29, 1.82) is 0 Å². The van der Waals surface area contributed by atoms with Crippen LogP contribution in [0.3, 0.4) is 0 Å². The molecule has 0 saturated carbocycles. The van der Waals surface area contributed by atoms with Crippen molar-refractivity contribution in [3.05, 3.63) is 52.0 Å². The number of nitrogens with zero attached hydrogens (tertiary/aromatic N) is 3. The van der Waals surface area contributed by atoms with Crippen molar-refractivity contribution in [3.8, 4) is 0 Å². The van der Waals surface area contributed by atoms with E-state index >= 15 is 0 Å². The number of esters is 1. The van der Waals surface area contributed by atoms with Gasteiger partial charge in [-0.2, -0.15) is 0 Å². The van der Waals surface area contributed by atoms with Crippen LogP contribution in [0, 0.1) is 17.8 Å². The number of benzene rings is 1. The van der Waals surface area contributed by atoms with E-state index in [2.05, 4.69) is 20.5 Å². The van der Waals surface area contributed by atoms with Crippen molar-refractivity contribution in [2.45, 2.75) is 124 Å². The molecule has 1 fully saturated rings. The maximum Gasteiger partial charge on any atom is 0.303 e. The van der Waals surface area contributed by atoms with Crippen LogP contribution in [0.4, 0.5) is 0 Å². The summed E-state index contributed by atoms with van der Waals surface area (Å²) in [6.07, 6.45) is 3.99. The quantitative estimate of drug-likeness (QED) is 0.190. The lowest BCUT2D eigenvalue weighted by Gasteiger charge is -2.38. The van der Waals surface area contributed by atoms with Crippen LogP contribution in [0.2, 0.25) is 0 Å². The molecule has 282 valence electrons. The lowest BCUT2D eigenvalue weighted by atomic mass is 9.92. The normalized spacial score (nSPS) is 18.5. The number of likely N-dealkylation sites (N-methyl/N-ethyl adjacent to an activating group) is 2. The number of hydrogen-bond acceptors (Lipinski definition) is 9. The smallest absolute Gasteiger partial charge is 0.303 e. The van der Waals surface area contributed by atoms with Gasteiger partial charge in [0.1, 0.15) is 22.5 Å². The van der Waals surface area contributed by atoms with Crippen LogP contribution in [0.25, 0.3) is 0 Å². The first-order valence-corrected chi connectivity index (χ1v) is 19.3. The first-order valence-electron chi connectivity index (χ1n) is 18.4. The Hall–Kier alpha value is -3.64. The van der Waals surface area contributed by atoms with Gasteiger partial charge in [0.25, 0.3) is 5.91 Å². The Labute approximate surface area is 308 Å². The van der Waals surface area contributed by atoms with Gasteiger partial charge >= 0.3 is 5.97 Å². The number of piperidine rings is 1. The summed E-state index contributed by atoms with van der Waals surface area (Å²) < 4.78 is 5.79. The second kappa shape index (κ2) is 19.8. The summed E-state index contributed by atoms with van der Waals surface area (Å²) in [6, 6.07) is 8.16. The van der Waals surface area contributed by atoms with E-state index in [9.17, 15) is 24.0 Å². The topological polar surface area (TPSA) is 138 Å². The van der Waals surface area contributed by atoms with Gasteiger partial charge in [0.05, 0.1) is 6.04 Å². The molecule has 2 aromatic rings. The molecule has 2 N–H and O–H groups in total. The highest BCUT2D eigenvalue weighted by molar-refractivity contribution is 7.09. The van der Waals surface area contributed by atoms with Crippen LogP contribution in [-0.4, -0.2) is 89.1 Å². The molecular weight excluding hydrogens is 667 g/mol. The number of rotatable bonds is 18. The van der Waals surface area contributed by atoms with E-state index in [1.165, 1.54) is 18.3 Å². The minimum Gasteiger partial charge on any atom is -0.455 e. The molecule has 0 radical (unpaired) electrons. The van der Waals surface area contributed by atoms with Gasteiger partial charge in [-0.25, -0.2) is 4.98 Å². The second-order valence-corrected chi connectivity index (χ2v) is 15.5. The number of carbonyl (C=O) groups excluding carboxylic acids is 5. The maximum absolute atomic E-state index is 14.2. The number of carbonyl (C=O) groups is 5. The largest absolute Gasteiger partial charge is 0.455 e. The Morgan fingerprint density at radius 1 is 1.02 bits per heavy atom. The molecule has 1 aromatic carbocycles. The molecule has 7 atom stereocenters. The first kappa shape index (κ1) is 41.8. The molecule has 1 aliphatic heterocycles. The highest BCUT2D eigenvalue weighted by Crippen LogP contribution is 2.31. The Kier molecular flexibility index (Phi) is 16.2. The summed E-state index contributed by atoms with van der Waals surface area (Å²) in [6.45, 7) is 13.6. The number of hydrogen-bond donors (Lipinski definition) is 2. The number of ether oxygens (including phenoxy) is 1. The molecule has 1 aromatic heterocycles. The summed E-state index contributed by atoms with van der Waals surface area (Å²) in [5.41, 5.74) is 1.24. The van der Waals surface area contributed by atoms with Crippen LogP contribution < -0.4 is 10.6 Å². The second-order valence-electron chi connectivity index (χ2n) is 14.6. The zero-order chi connectivity index (χ0) is 37.8. The summed E-state index contributed by atoms with van der Waals surface area (Å²) in [5, 5.41) is 8.26. The van der Waals surface area contributed by atoms with Crippen molar-refractivity contribution in [2.24, 2.45) is 17.8 Å². The highest BCUT2D eigenvalue weighted by atomic mass is 32.1. The fourth-order valence-electron chi connectivity index (χ4n) is 6.70. The Morgan fingerprint density at radius 3 is 2.29 bits per heavy atom. The minimum absolute atomic E-state index is 0.0282. The van der Waals surface area contributed by atoms with Crippen molar-refractivity contribution >= 4 is 40.8 Å². The van der Waals surface area contributed by atoms with Crippen molar-refractivity contribution < 1.29 is 28.7 Å². The summed E-state index contributed by atoms with van der Waals surface area (Å²) in [5.74, 6) is -1.50. The molecule has 0 unspecified atom stereocenters. The van der Waals surface area contributed by atoms with Crippen molar-refractivity contribution in [1.82, 2.24) is 25.4 Å². The zero-order valence-corrected chi connectivity index (χ0v) is 32.8. The Morgan fingerprint density at radius 2 is 1.71 bits per heavy atom. The van der Waals surface area contributed by atoms with Gasteiger partial charge in [0.15, 0.2) is 6.10 Å². The average Bonchev–Trinajstić information content (AvgIpc) is 3.59. The first-order chi connectivity index (χ1) is 24.1. The zero-order valence-electron chi connectivity index (χ0n) is 31.9. The monoisotopic (exact) mass is 725 g/mol. The van der Waals surface area contributed by atoms with E-state index in [0.717, 1.165) is 31.4 Å². The lowest BCUT2D eigenvalue weighted by molar-refractivity contribution is -0.149. The Balaban J connectivity index is 1.81. The summed E-state index contributed by atoms with van der Waals surface area (Å²) >= 11 is 1.22. The van der Waals surface area contributed by atoms with Crippen LogP contribution in [-0.2, 0) is 30.3 Å². The minimum atomic E-state index is -0.804. The predicted molar refractivity (Wildman–Crippen MR) is 200 cm³/mol. The summed E-state index contributed by atoms with van der Waals surface area (Å²) in [7, 11) is 3.69. The van der Waals surface area contributed by atoms with E-state index < -0.39 is 18.1 Å². The van der Waals surface area contributed by atoms with Gasteiger partial charge in [-0.3, -0.25) is 28.9 Å². The summed E-state index contributed by atoms with van der Waals surface area (Å²) in [4.78, 5) is 73.9. The fourth-order valence-corrected chi connectivity index (χ4v) is 7.54. The van der Waals surface area contributed by atoms with Crippen LogP contribution >= 0.6 is 11.3 Å². The molecule has 3 rings (SSSR count). The van der Waals surface area contributed by atoms with E-state index in [-0.39, 0.29) is 71.5 Å². The number of amides is 3. The van der Waals surface area contributed by atoms with E-state index in [0.29, 0.717) is 24.3 Å². The number of thiazole rings is 1. The number of aromatic nitrogens is 1. The van der Waals surface area contributed by atoms with Gasteiger partial charge in [0.2, 0.25) is 11.8 Å². The molecule has 12 heteroatoms. The molecule has 11 nitrogen and oxygen atoms in total. The van der Waals surface area contributed by atoms with Gasteiger partial charge in [-0.1, -0.05) is 77.8 Å². The third kappa shape index (κ3) is 12.2. The molecule has 1 aliphatic rings. The fraction of sp³-hybridized carbons (Fsp3) is 0.641. The van der Waals surface area contributed by atoms with Gasteiger partial charge < -0.3 is 20.3 Å². The number of Topliss-reactive ketones (excluding diaryl/α,β-unsaturated/α-hetero) is 1. The average molecular weight is 726 g/mol. The predicted octanol–water partition coefficient (Wildman–Crippen LogP) is 5.59. The van der Waals surface area contributed by atoms with Gasteiger partial charge in [-0.15, -0.1) is 11.3 Å². The van der Waals surface area contributed by atoms with E-state index in [1.807, 2.05) is 72.0 Å². The van der Waals surface area contributed by atoms with E-state index in [1.54, 1.807) is 24.3 Å². The van der Waals surface area contributed by atoms with Crippen LogP contribution in [0.15, 0.2) is 35.7 Å². The SMILES string of the molecule is CC[C@H](C)[C@H](NC(=O)[C@H]1CCCCN1C)C(=O)N(C)[C@H](C[C@H](OC(C)=O)c1nc(C(=O)N[C@@H](Cc2ccccc2)C[C@H](C)C(C)=O)cs1)C(C)C. The molecule has 3 amide bonds. The maximum atomic E-state index is 14.2. The molecule has 2 heterocycles. The molecule has 0 bridgehead atoms. The number of likely N-dealkylation sites (tertiary alicyclic amines) is 1. The third-order valence-corrected chi connectivity index (χ3v) is 11.2. The Bertz CT molecular complexity index is 1460. The lowest BCUT2D eigenvalue weighted by Crippen LogP contribution is -2.58. The van der Waals surface area contributed by atoms with Crippen LogP contribution in [0.5, 0.6) is 0 Å². The standard InChI is InChI=1S/C39H59N5O6S/c1-10-25(4)35(42-37(48)32-18-14-15-19-43(32)8)39(49)44(9)33(24(2)3)22-34(50-28(7)46)38-41-31(23-51-38)36(47)40-30(20-26(5)27(6)45)21-29-16-12-11-13-17-29/h11-13,16-17,23-26,30,32-35H,10,14-15,18-22H2,1-9H3,(H,40,47)(H,42,48)/t25-,26-,30+,32+,33+,34-,35-/m0/s1. The molecule has 1 saturated heterocycles.